The average molecular weight is 180 g/mol. The number of esters is 1. The topological polar surface area (TPSA) is 52.1 Å². The maximum Gasteiger partial charge on any atom is 0.305 e. The van der Waals surface area contributed by atoms with Crippen molar-refractivity contribution in [2.75, 3.05) is 0 Å². The highest BCUT2D eigenvalue weighted by atomic mass is 16.5. The van der Waals surface area contributed by atoms with E-state index in [4.69, 9.17) is 4.74 Å². The fourth-order valence-electron chi connectivity index (χ4n) is 0.750. The van der Waals surface area contributed by atoms with Crippen molar-refractivity contribution in [3.05, 3.63) is 23.8 Å². The minimum absolute atomic E-state index is 0.208. The van der Waals surface area contributed by atoms with Gasteiger partial charge in [-0.15, -0.1) is 0 Å². The summed E-state index contributed by atoms with van der Waals surface area (Å²) in [5.74, 6) is -0.220. The molecule has 13 heavy (non-hydrogen) atoms. The summed E-state index contributed by atoms with van der Waals surface area (Å²) in [4.78, 5) is 18.9. The molecule has 0 fully saturated rings. The van der Waals surface area contributed by atoms with Crippen LogP contribution in [0.5, 0.6) is 0 Å². The summed E-state index contributed by atoms with van der Waals surface area (Å²) in [6, 6.07) is 0. The number of aromatic nitrogens is 2. The average Bonchev–Trinajstić information content (AvgIpc) is 2.16. The van der Waals surface area contributed by atoms with Gasteiger partial charge >= 0.3 is 5.97 Å². The predicted octanol–water partition coefficient (Wildman–Crippen LogP) is 1.24. The molecule has 1 aromatic heterocycles. The van der Waals surface area contributed by atoms with Crippen LogP contribution in [0.25, 0.3) is 0 Å². The summed E-state index contributed by atoms with van der Waals surface area (Å²) in [5, 5.41) is 0. The maximum atomic E-state index is 10.8. The Balaban J connectivity index is 2.46. The molecular weight excluding hydrogens is 168 g/mol. The van der Waals surface area contributed by atoms with E-state index in [0.29, 0.717) is 12.1 Å². The van der Waals surface area contributed by atoms with Gasteiger partial charge in [0.2, 0.25) is 0 Å². The maximum absolute atomic E-state index is 10.8. The molecule has 0 unspecified atom stereocenters. The molecule has 0 aliphatic rings. The van der Waals surface area contributed by atoms with E-state index in [2.05, 4.69) is 9.97 Å². The molecule has 1 aromatic rings. The number of ether oxygens (including phenoxy) is 1. The van der Waals surface area contributed by atoms with Crippen LogP contribution >= 0.6 is 0 Å². The molecule has 70 valence electrons. The monoisotopic (exact) mass is 180 g/mol. The van der Waals surface area contributed by atoms with Crippen LogP contribution in [0.3, 0.4) is 0 Å². The quantitative estimate of drug-likeness (QED) is 0.656. The highest BCUT2D eigenvalue weighted by molar-refractivity contribution is 5.68. The summed E-state index contributed by atoms with van der Waals surface area (Å²) in [7, 11) is 0. The van der Waals surface area contributed by atoms with E-state index in [1.165, 1.54) is 0 Å². The Hall–Kier alpha value is -1.45. The van der Waals surface area contributed by atoms with Crippen molar-refractivity contribution in [1.29, 1.82) is 0 Å². The van der Waals surface area contributed by atoms with Crippen LogP contribution in [0.1, 0.15) is 24.7 Å². The molecular formula is C9H12N2O2. The fraction of sp³-hybridized carbons (Fsp3) is 0.444. The molecule has 0 aliphatic heterocycles. The van der Waals surface area contributed by atoms with Gasteiger partial charge in [-0.3, -0.25) is 14.8 Å². The van der Waals surface area contributed by atoms with Gasteiger partial charge in [0.15, 0.2) is 0 Å². The Morgan fingerprint density at radius 3 is 2.77 bits per heavy atom. The van der Waals surface area contributed by atoms with Gasteiger partial charge in [0.05, 0.1) is 17.6 Å². The molecule has 0 saturated carbocycles. The van der Waals surface area contributed by atoms with E-state index in [-0.39, 0.29) is 12.6 Å². The minimum atomic E-state index is -0.220. The van der Waals surface area contributed by atoms with Crippen molar-refractivity contribution in [3.8, 4) is 0 Å². The van der Waals surface area contributed by atoms with Crippen molar-refractivity contribution >= 4 is 5.97 Å². The molecule has 4 heteroatoms. The van der Waals surface area contributed by atoms with Crippen LogP contribution < -0.4 is 0 Å². The molecule has 0 radical (unpaired) electrons. The standard InChI is InChI=1S/C9H12N2O2/c1-3-9(12)13-6-8-5-10-7(2)4-11-8/h4-5H,3,6H2,1-2H3. The second kappa shape index (κ2) is 4.54. The summed E-state index contributed by atoms with van der Waals surface area (Å²) < 4.78 is 4.88. The first-order valence-electron chi connectivity index (χ1n) is 4.15. The summed E-state index contributed by atoms with van der Waals surface area (Å²) >= 11 is 0. The lowest BCUT2D eigenvalue weighted by Gasteiger charge is -2.01. The highest BCUT2D eigenvalue weighted by Crippen LogP contribution is 1.97. The van der Waals surface area contributed by atoms with E-state index < -0.39 is 0 Å². The van der Waals surface area contributed by atoms with Gasteiger partial charge in [0.1, 0.15) is 6.61 Å². The zero-order chi connectivity index (χ0) is 9.68. The van der Waals surface area contributed by atoms with E-state index in [0.717, 1.165) is 5.69 Å². The number of nitrogens with zero attached hydrogens (tertiary/aromatic N) is 2. The van der Waals surface area contributed by atoms with Crippen molar-refractivity contribution in [3.63, 3.8) is 0 Å². The lowest BCUT2D eigenvalue weighted by atomic mass is 10.4. The normalized spacial score (nSPS) is 9.69. The fourth-order valence-corrected chi connectivity index (χ4v) is 0.750. The number of hydrogen-bond acceptors (Lipinski definition) is 4. The lowest BCUT2D eigenvalue weighted by molar-refractivity contribution is -0.144. The Morgan fingerprint density at radius 2 is 2.23 bits per heavy atom. The molecule has 0 amide bonds. The number of rotatable bonds is 3. The molecule has 0 atom stereocenters. The molecule has 0 bridgehead atoms. The van der Waals surface area contributed by atoms with Crippen molar-refractivity contribution in [2.24, 2.45) is 0 Å². The van der Waals surface area contributed by atoms with Crippen LogP contribution in [0.2, 0.25) is 0 Å². The van der Waals surface area contributed by atoms with Gasteiger partial charge in [-0.2, -0.15) is 0 Å². The van der Waals surface area contributed by atoms with Crippen molar-refractivity contribution in [1.82, 2.24) is 9.97 Å². The van der Waals surface area contributed by atoms with Crippen molar-refractivity contribution < 1.29 is 9.53 Å². The number of carbonyl (C=O) groups is 1. The second-order valence-electron chi connectivity index (χ2n) is 2.66. The van der Waals surface area contributed by atoms with Gasteiger partial charge in [-0.25, -0.2) is 0 Å². The molecule has 0 aromatic carbocycles. The Morgan fingerprint density at radius 1 is 1.46 bits per heavy atom. The number of carbonyl (C=O) groups excluding carboxylic acids is 1. The molecule has 1 heterocycles. The number of hydrogen-bond donors (Lipinski definition) is 0. The van der Waals surface area contributed by atoms with Crippen LogP contribution in [-0.2, 0) is 16.1 Å². The third-order valence-electron chi connectivity index (χ3n) is 1.50. The van der Waals surface area contributed by atoms with Gasteiger partial charge in [-0.05, 0) is 6.92 Å². The first-order chi connectivity index (χ1) is 6.22. The third-order valence-corrected chi connectivity index (χ3v) is 1.50. The lowest BCUT2D eigenvalue weighted by Crippen LogP contribution is -2.04. The molecule has 0 N–H and O–H groups in total. The Bertz CT molecular complexity index is 282. The van der Waals surface area contributed by atoms with Gasteiger partial charge in [0.25, 0.3) is 0 Å². The Kier molecular flexibility index (Phi) is 3.37. The van der Waals surface area contributed by atoms with E-state index in [9.17, 15) is 4.79 Å². The largest absolute Gasteiger partial charge is 0.459 e. The first kappa shape index (κ1) is 9.64. The molecule has 0 saturated heterocycles. The zero-order valence-corrected chi connectivity index (χ0v) is 7.78. The zero-order valence-electron chi connectivity index (χ0n) is 7.78. The second-order valence-corrected chi connectivity index (χ2v) is 2.66. The SMILES string of the molecule is CCC(=O)OCc1cnc(C)cn1. The molecule has 0 spiro atoms. The highest BCUT2D eigenvalue weighted by Gasteiger charge is 2.00. The minimum Gasteiger partial charge on any atom is -0.459 e. The van der Waals surface area contributed by atoms with Gasteiger partial charge in [0, 0.05) is 12.6 Å². The van der Waals surface area contributed by atoms with Crippen LogP contribution in [0, 0.1) is 6.92 Å². The number of aryl methyl sites for hydroxylation is 1. The Labute approximate surface area is 77.0 Å². The summed E-state index contributed by atoms with van der Waals surface area (Å²) in [5.41, 5.74) is 1.53. The molecule has 0 aliphatic carbocycles. The van der Waals surface area contributed by atoms with Crippen molar-refractivity contribution in [2.45, 2.75) is 26.9 Å². The molecule has 4 nitrogen and oxygen atoms in total. The van der Waals surface area contributed by atoms with Gasteiger partial charge in [-0.1, -0.05) is 6.92 Å². The summed E-state index contributed by atoms with van der Waals surface area (Å²) in [6.07, 6.45) is 3.65. The van der Waals surface area contributed by atoms with Crippen LogP contribution in [-0.4, -0.2) is 15.9 Å². The van der Waals surface area contributed by atoms with E-state index in [1.54, 1.807) is 19.3 Å². The van der Waals surface area contributed by atoms with Crippen LogP contribution in [0.4, 0.5) is 0 Å². The van der Waals surface area contributed by atoms with Crippen LogP contribution in [0.15, 0.2) is 12.4 Å². The third kappa shape index (κ3) is 3.19. The summed E-state index contributed by atoms with van der Waals surface area (Å²) in [6.45, 7) is 3.82. The van der Waals surface area contributed by atoms with Gasteiger partial charge < -0.3 is 4.74 Å². The van der Waals surface area contributed by atoms with E-state index in [1.807, 2.05) is 6.92 Å². The predicted molar refractivity (Wildman–Crippen MR) is 46.9 cm³/mol. The van der Waals surface area contributed by atoms with E-state index >= 15 is 0 Å². The smallest absolute Gasteiger partial charge is 0.305 e. The molecule has 1 rings (SSSR count). The first-order valence-corrected chi connectivity index (χ1v) is 4.15.